The zero-order valence-corrected chi connectivity index (χ0v) is 8.96. The second-order valence-electron chi connectivity index (χ2n) is 3.05. The molecule has 0 unspecified atom stereocenters. The first kappa shape index (κ1) is 9.74. The molecule has 0 amide bonds. The summed E-state index contributed by atoms with van der Waals surface area (Å²) < 4.78 is 0. The molecule has 2 rings (SSSR count). The maximum Gasteiger partial charge on any atom is 0.175 e. The lowest BCUT2D eigenvalue weighted by molar-refractivity contribution is 0.813. The third-order valence-electron chi connectivity index (χ3n) is 2.10. The van der Waals surface area contributed by atoms with Crippen molar-refractivity contribution in [3.8, 4) is 0 Å². The molecule has 0 saturated carbocycles. The van der Waals surface area contributed by atoms with Gasteiger partial charge in [-0.05, 0) is 6.42 Å². The highest BCUT2D eigenvalue weighted by Gasteiger charge is 2.12. The van der Waals surface area contributed by atoms with E-state index in [2.05, 4.69) is 27.2 Å². The maximum atomic E-state index is 5.93. The topological polar surface area (TPSA) is 29.0 Å². The Morgan fingerprint density at radius 1 is 1.21 bits per heavy atom. The standard InChI is InChI=1S/C9H9Cl2N3/c10-8-6-7(9(11)13-12-8)14-4-2-1-3-5-14/h1-2,6H,3-5H2. The van der Waals surface area contributed by atoms with Gasteiger partial charge in [-0.3, -0.25) is 0 Å². The molecule has 0 bridgehead atoms. The monoisotopic (exact) mass is 229 g/mol. The molecule has 0 saturated heterocycles. The number of nitrogens with zero attached hydrogens (tertiary/aromatic N) is 3. The smallest absolute Gasteiger partial charge is 0.175 e. The number of anilines is 1. The van der Waals surface area contributed by atoms with Gasteiger partial charge < -0.3 is 4.90 Å². The van der Waals surface area contributed by atoms with Crippen LogP contribution in [0.1, 0.15) is 6.42 Å². The van der Waals surface area contributed by atoms with Gasteiger partial charge in [-0.15, -0.1) is 10.2 Å². The van der Waals surface area contributed by atoms with E-state index in [9.17, 15) is 0 Å². The van der Waals surface area contributed by atoms with E-state index in [1.165, 1.54) is 0 Å². The Morgan fingerprint density at radius 3 is 2.79 bits per heavy atom. The highest BCUT2D eigenvalue weighted by atomic mass is 35.5. The molecule has 0 aromatic carbocycles. The van der Waals surface area contributed by atoms with Crippen LogP contribution < -0.4 is 4.90 Å². The van der Waals surface area contributed by atoms with Crippen molar-refractivity contribution >= 4 is 28.9 Å². The number of hydrogen-bond acceptors (Lipinski definition) is 3. The fourth-order valence-corrected chi connectivity index (χ4v) is 1.78. The first-order chi connectivity index (χ1) is 6.77. The van der Waals surface area contributed by atoms with Crippen LogP contribution in [0.25, 0.3) is 0 Å². The van der Waals surface area contributed by atoms with E-state index in [0.29, 0.717) is 10.3 Å². The Kier molecular flexibility index (Phi) is 2.89. The van der Waals surface area contributed by atoms with Gasteiger partial charge in [0.2, 0.25) is 0 Å². The van der Waals surface area contributed by atoms with Gasteiger partial charge in [0.05, 0.1) is 5.69 Å². The molecule has 0 N–H and O–H groups in total. The zero-order chi connectivity index (χ0) is 9.97. The lowest BCUT2D eigenvalue weighted by atomic mass is 10.2. The first-order valence-electron chi connectivity index (χ1n) is 4.36. The Balaban J connectivity index is 2.30. The lowest BCUT2D eigenvalue weighted by Gasteiger charge is -2.25. The molecule has 5 heteroatoms. The predicted molar refractivity (Wildman–Crippen MR) is 58.0 cm³/mol. The van der Waals surface area contributed by atoms with Crippen molar-refractivity contribution in [1.82, 2.24) is 10.2 Å². The van der Waals surface area contributed by atoms with Gasteiger partial charge in [0, 0.05) is 19.2 Å². The molecule has 74 valence electrons. The van der Waals surface area contributed by atoms with Gasteiger partial charge in [-0.25, -0.2) is 0 Å². The van der Waals surface area contributed by atoms with Crippen molar-refractivity contribution in [1.29, 1.82) is 0 Å². The van der Waals surface area contributed by atoms with Crippen molar-refractivity contribution in [2.24, 2.45) is 0 Å². The minimum absolute atomic E-state index is 0.374. The van der Waals surface area contributed by atoms with Crippen LogP contribution in [-0.2, 0) is 0 Å². The molecule has 0 radical (unpaired) electrons. The summed E-state index contributed by atoms with van der Waals surface area (Å²) in [5.41, 5.74) is 0.857. The van der Waals surface area contributed by atoms with E-state index < -0.39 is 0 Å². The summed E-state index contributed by atoms with van der Waals surface area (Å²) in [6.07, 6.45) is 5.28. The van der Waals surface area contributed by atoms with Crippen molar-refractivity contribution < 1.29 is 0 Å². The largest absolute Gasteiger partial charge is 0.365 e. The minimum atomic E-state index is 0.374. The first-order valence-corrected chi connectivity index (χ1v) is 5.11. The summed E-state index contributed by atoms with van der Waals surface area (Å²) in [6, 6.07) is 1.75. The van der Waals surface area contributed by atoms with Crippen LogP contribution >= 0.6 is 23.2 Å². The highest BCUT2D eigenvalue weighted by Crippen LogP contribution is 2.26. The van der Waals surface area contributed by atoms with Crippen LogP contribution in [0.3, 0.4) is 0 Å². The molecule has 2 heterocycles. The maximum absolute atomic E-state index is 5.93. The molecular formula is C9H9Cl2N3. The van der Waals surface area contributed by atoms with Gasteiger partial charge in [0.25, 0.3) is 0 Å². The Hall–Kier alpha value is -0.800. The van der Waals surface area contributed by atoms with Gasteiger partial charge in [-0.1, -0.05) is 35.4 Å². The number of halogens is 2. The Morgan fingerprint density at radius 2 is 2.07 bits per heavy atom. The summed E-state index contributed by atoms with van der Waals surface area (Å²) in [4.78, 5) is 2.13. The van der Waals surface area contributed by atoms with E-state index in [1.807, 2.05) is 0 Å². The highest BCUT2D eigenvalue weighted by molar-refractivity contribution is 6.33. The van der Waals surface area contributed by atoms with Gasteiger partial charge in [0.15, 0.2) is 10.3 Å². The van der Waals surface area contributed by atoms with E-state index in [-0.39, 0.29) is 0 Å². The van der Waals surface area contributed by atoms with E-state index in [0.717, 1.165) is 25.2 Å². The van der Waals surface area contributed by atoms with Crippen molar-refractivity contribution in [3.05, 3.63) is 28.5 Å². The predicted octanol–water partition coefficient (Wildman–Crippen LogP) is 2.55. The second kappa shape index (κ2) is 4.15. The average molecular weight is 230 g/mol. The molecule has 3 nitrogen and oxygen atoms in total. The minimum Gasteiger partial charge on any atom is -0.365 e. The van der Waals surface area contributed by atoms with Crippen LogP contribution in [0.4, 0.5) is 5.69 Å². The van der Waals surface area contributed by atoms with E-state index in [4.69, 9.17) is 23.2 Å². The van der Waals surface area contributed by atoms with E-state index >= 15 is 0 Å². The lowest BCUT2D eigenvalue weighted by Crippen LogP contribution is -2.27. The fraction of sp³-hybridized carbons (Fsp3) is 0.333. The molecule has 14 heavy (non-hydrogen) atoms. The fourth-order valence-electron chi connectivity index (χ4n) is 1.43. The summed E-state index contributed by atoms with van der Waals surface area (Å²) in [5, 5.41) is 8.23. The molecule has 0 fully saturated rings. The molecule has 0 atom stereocenters. The van der Waals surface area contributed by atoms with Crippen LogP contribution in [0.5, 0.6) is 0 Å². The van der Waals surface area contributed by atoms with Crippen molar-refractivity contribution in [2.75, 3.05) is 18.0 Å². The molecule has 1 aromatic heterocycles. The van der Waals surface area contributed by atoms with Crippen LogP contribution in [0.2, 0.25) is 10.3 Å². The van der Waals surface area contributed by atoms with Gasteiger partial charge in [0.1, 0.15) is 0 Å². The van der Waals surface area contributed by atoms with Gasteiger partial charge >= 0.3 is 0 Å². The van der Waals surface area contributed by atoms with Crippen LogP contribution in [0, 0.1) is 0 Å². The number of rotatable bonds is 1. The Bertz CT molecular complexity index is 365. The molecule has 0 spiro atoms. The third-order valence-corrected chi connectivity index (χ3v) is 2.55. The molecular weight excluding hydrogens is 221 g/mol. The second-order valence-corrected chi connectivity index (χ2v) is 3.79. The zero-order valence-electron chi connectivity index (χ0n) is 7.45. The van der Waals surface area contributed by atoms with Gasteiger partial charge in [-0.2, -0.15) is 0 Å². The normalized spacial score (nSPS) is 16.0. The molecule has 1 aliphatic heterocycles. The van der Waals surface area contributed by atoms with Crippen molar-refractivity contribution in [2.45, 2.75) is 6.42 Å². The quantitative estimate of drug-likeness (QED) is 0.694. The van der Waals surface area contributed by atoms with Crippen molar-refractivity contribution in [3.63, 3.8) is 0 Å². The molecule has 1 aromatic rings. The number of hydrogen-bond donors (Lipinski definition) is 0. The molecule has 1 aliphatic rings. The number of aromatic nitrogens is 2. The van der Waals surface area contributed by atoms with E-state index in [1.54, 1.807) is 6.07 Å². The summed E-state index contributed by atoms with van der Waals surface area (Å²) in [7, 11) is 0. The average Bonchev–Trinajstić information content (AvgIpc) is 2.23. The summed E-state index contributed by atoms with van der Waals surface area (Å²) in [5.74, 6) is 0. The van der Waals surface area contributed by atoms with Crippen LogP contribution in [0.15, 0.2) is 18.2 Å². The SMILES string of the molecule is Clc1cc(N2CC=CCC2)c(Cl)nn1. The summed E-state index contributed by atoms with van der Waals surface area (Å²) in [6.45, 7) is 1.79. The molecule has 0 aliphatic carbocycles. The summed E-state index contributed by atoms with van der Waals surface area (Å²) >= 11 is 11.7. The van der Waals surface area contributed by atoms with Crippen LogP contribution in [-0.4, -0.2) is 23.3 Å². The Labute approximate surface area is 92.3 Å². The third kappa shape index (κ3) is 1.99.